The van der Waals surface area contributed by atoms with Gasteiger partial charge in [-0.25, -0.2) is 9.97 Å². The number of primary amides is 1. The quantitative estimate of drug-likeness (QED) is 0.320. The summed E-state index contributed by atoms with van der Waals surface area (Å²) in [5, 5.41) is 16.8. The van der Waals surface area contributed by atoms with Gasteiger partial charge in [0.25, 0.3) is 5.91 Å². The Hall–Kier alpha value is -4.44. The summed E-state index contributed by atoms with van der Waals surface area (Å²) in [6.45, 7) is 7.93. The van der Waals surface area contributed by atoms with Gasteiger partial charge in [0.15, 0.2) is 17.3 Å². The van der Waals surface area contributed by atoms with Gasteiger partial charge < -0.3 is 35.6 Å². The maximum absolute atomic E-state index is 12.7. The zero-order chi connectivity index (χ0) is 32.0. The van der Waals surface area contributed by atoms with Crippen LogP contribution in [-0.4, -0.2) is 104 Å². The molecule has 3 aromatic rings. The Morgan fingerprint density at radius 3 is 2.35 bits per heavy atom. The highest BCUT2D eigenvalue weighted by atomic mass is 16.5. The van der Waals surface area contributed by atoms with Gasteiger partial charge in [-0.05, 0) is 63.1 Å². The predicted octanol–water partition coefficient (Wildman–Crippen LogP) is 3.67. The van der Waals surface area contributed by atoms with Gasteiger partial charge in [-0.1, -0.05) is 12.1 Å². The molecule has 3 aliphatic heterocycles. The summed E-state index contributed by atoms with van der Waals surface area (Å²) in [7, 11) is 3.71. The summed E-state index contributed by atoms with van der Waals surface area (Å²) >= 11 is 0. The van der Waals surface area contributed by atoms with Crippen LogP contribution in [0.1, 0.15) is 41.7 Å². The number of nitrogens with one attached hydrogen (secondary N) is 2. The number of methoxy groups -OCH3 is 1. The molecule has 0 bridgehead atoms. The predicted molar refractivity (Wildman–Crippen MR) is 179 cm³/mol. The summed E-state index contributed by atoms with van der Waals surface area (Å²) < 4.78 is 11.0. The highest BCUT2D eigenvalue weighted by Crippen LogP contribution is 2.36. The highest BCUT2D eigenvalue weighted by molar-refractivity contribution is 5.98. The summed E-state index contributed by atoms with van der Waals surface area (Å²) in [5.74, 6) is 0.373. The van der Waals surface area contributed by atoms with Crippen LogP contribution in [-0.2, 0) is 4.74 Å². The van der Waals surface area contributed by atoms with Gasteiger partial charge in [0.2, 0.25) is 0 Å². The van der Waals surface area contributed by atoms with Crippen LogP contribution >= 0.6 is 0 Å². The lowest BCUT2D eigenvalue weighted by molar-refractivity contribution is 0.0904. The highest BCUT2D eigenvalue weighted by Gasteiger charge is 2.27. The number of ether oxygens (including phenoxy) is 2. The first-order valence-corrected chi connectivity index (χ1v) is 16.1. The van der Waals surface area contributed by atoms with Crippen LogP contribution in [0.3, 0.4) is 0 Å². The van der Waals surface area contributed by atoms with Crippen LogP contribution in [0.25, 0.3) is 11.3 Å². The Labute approximate surface area is 270 Å². The number of nitrogens with zero attached hydrogens (tertiary/aromatic N) is 6. The molecule has 0 radical (unpaired) electrons. The second-order valence-corrected chi connectivity index (χ2v) is 12.2. The first-order chi connectivity index (χ1) is 22.4. The van der Waals surface area contributed by atoms with Crippen molar-refractivity contribution >= 4 is 28.9 Å². The number of rotatable bonds is 9. The standard InChI is InChI=1S/C34H43N9O3/c1-41-16-18-43(19-17-41)26-10-14-42(15-11-26)25-8-6-23(7-9-25)37-34-31(32(36)44)39-30(27-4-3-5-29(45-2)28(27)22-35)33(40-34)38-24-12-20-46-21-13-24/h3-9,24,26H,10-21H2,1-2H3,(H2,36,44)(H2,37,38,40). The van der Waals surface area contributed by atoms with Crippen molar-refractivity contribution in [1.29, 1.82) is 5.26 Å². The molecule has 0 saturated carbocycles. The van der Waals surface area contributed by atoms with E-state index in [0.29, 0.717) is 47.6 Å². The normalized spacial score (nSPS) is 18.6. The van der Waals surface area contributed by atoms with E-state index < -0.39 is 5.91 Å². The first kappa shape index (κ1) is 31.5. The molecule has 4 heterocycles. The molecule has 2 aromatic carbocycles. The molecule has 3 saturated heterocycles. The van der Waals surface area contributed by atoms with E-state index in [0.717, 1.165) is 70.6 Å². The Morgan fingerprint density at radius 2 is 1.70 bits per heavy atom. The van der Waals surface area contributed by atoms with Crippen LogP contribution in [0.5, 0.6) is 5.75 Å². The maximum atomic E-state index is 12.7. The number of nitriles is 1. The molecule has 12 heteroatoms. The average Bonchev–Trinajstić information content (AvgIpc) is 3.09. The number of likely N-dealkylation sites (N-methyl/N-ethyl adjacent to an activating group) is 1. The number of piperazine rings is 1. The molecule has 0 spiro atoms. The molecule has 0 atom stereocenters. The third kappa shape index (κ3) is 7.02. The fourth-order valence-corrected chi connectivity index (χ4v) is 6.60. The van der Waals surface area contributed by atoms with E-state index in [1.165, 1.54) is 12.8 Å². The van der Waals surface area contributed by atoms with E-state index in [1.807, 2.05) is 12.1 Å². The lowest BCUT2D eigenvalue weighted by Gasteiger charge is -2.42. The van der Waals surface area contributed by atoms with Crippen molar-refractivity contribution in [3.63, 3.8) is 0 Å². The number of carbonyl (C=O) groups excluding carboxylic acids is 1. The molecule has 3 aliphatic rings. The minimum atomic E-state index is -0.727. The first-order valence-electron chi connectivity index (χ1n) is 16.1. The molecule has 4 N–H and O–H groups in total. The third-order valence-corrected chi connectivity index (χ3v) is 9.32. The van der Waals surface area contributed by atoms with Crippen molar-refractivity contribution in [1.82, 2.24) is 19.8 Å². The molecule has 3 fully saturated rings. The molecular weight excluding hydrogens is 582 g/mol. The minimum absolute atomic E-state index is 0.0192. The van der Waals surface area contributed by atoms with Crippen molar-refractivity contribution in [3.8, 4) is 23.1 Å². The summed E-state index contributed by atoms with van der Waals surface area (Å²) in [4.78, 5) is 29.8. The number of carbonyl (C=O) groups is 1. The lowest BCUT2D eigenvalue weighted by atomic mass is 10.0. The molecule has 12 nitrogen and oxygen atoms in total. The number of nitrogens with two attached hydrogens (primary N) is 1. The van der Waals surface area contributed by atoms with Gasteiger partial charge in [0.1, 0.15) is 23.1 Å². The number of aromatic nitrogens is 2. The number of piperidine rings is 1. The molecular formula is C34H43N9O3. The van der Waals surface area contributed by atoms with Crippen LogP contribution in [0, 0.1) is 11.3 Å². The minimum Gasteiger partial charge on any atom is -0.495 e. The SMILES string of the molecule is COc1cccc(-c2nc(C(N)=O)c(Nc3ccc(N4CCC(N5CCN(C)CC5)CC4)cc3)nc2NC2CCOCC2)c1C#N. The molecule has 0 aliphatic carbocycles. The van der Waals surface area contributed by atoms with Gasteiger partial charge in [-0.3, -0.25) is 9.69 Å². The summed E-state index contributed by atoms with van der Waals surface area (Å²) in [6.07, 6.45) is 3.91. The second kappa shape index (κ2) is 14.3. The van der Waals surface area contributed by atoms with E-state index in [1.54, 1.807) is 18.2 Å². The topological polar surface area (TPSA) is 145 Å². The van der Waals surface area contributed by atoms with Crippen LogP contribution in [0.4, 0.5) is 23.0 Å². The fraction of sp³-hybridized carbons (Fsp3) is 0.471. The number of amides is 1. The van der Waals surface area contributed by atoms with Crippen LogP contribution in [0.2, 0.25) is 0 Å². The Morgan fingerprint density at radius 1 is 0.978 bits per heavy atom. The Kier molecular flexibility index (Phi) is 9.82. The van der Waals surface area contributed by atoms with E-state index in [2.05, 4.69) is 50.6 Å². The van der Waals surface area contributed by atoms with E-state index >= 15 is 0 Å². The number of benzene rings is 2. The molecule has 1 aromatic heterocycles. The average molecular weight is 626 g/mol. The second-order valence-electron chi connectivity index (χ2n) is 12.2. The Balaban J connectivity index is 1.24. The van der Waals surface area contributed by atoms with Crippen molar-refractivity contribution < 1.29 is 14.3 Å². The van der Waals surface area contributed by atoms with E-state index in [-0.39, 0.29) is 17.6 Å². The van der Waals surface area contributed by atoms with Crippen molar-refractivity contribution in [3.05, 3.63) is 53.7 Å². The molecule has 6 rings (SSSR count). The van der Waals surface area contributed by atoms with Gasteiger partial charge in [-0.15, -0.1) is 0 Å². The van der Waals surface area contributed by atoms with Gasteiger partial charge in [0.05, 0.1) is 7.11 Å². The molecule has 0 unspecified atom stereocenters. The zero-order valence-electron chi connectivity index (χ0n) is 26.7. The molecule has 1 amide bonds. The number of anilines is 4. The largest absolute Gasteiger partial charge is 0.495 e. The molecule has 242 valence electrons. The monoisotopic (exact) mass is 625 g/mol. The third-order valence-electron chi connectivity index (χ3n) is 9.32. The lowest BCUT2D eigenvalue weighted by Crippen LogP contribution is -2.52. The fourth-order valence-electron chi connectivity index (χ4n) is 6.60. The number of hydrogen-bond donors (Lipinski definition) is 3. The van der Waals surface area contributed by atoms with Crippen molar-refractivity contribution in [2.45, 2.75) is 37.8 Å². The van der Waals surface area contributed by atoms with Crippen molar-refractivity contribution in [2.75, 3.05) is 82.2 Å². The summed E-state index contributed by atoms with van der Waals surface area (Å²) in [5.41, 5.74) is 8.92. The van der Waals surface area contributed by atoms with E-state index in [9.17, 15) is 10.1 Å². The van der Waals surface area contributed by atoms with Gasteiger partial charge in [0, 0.05) is 81.5 Å². The van der Waals surface area contributed by atoms with E-state index in [4.69, 9.17) is 25.2 Å². The zero-order valence-corrected chi connectivity index (χ0v) is 26.7. The summed E-state index contributed by atoms with van der Waals surface area (Å²) in [6, 6.07) is 16.4. The smallest absolute Gasteiger partial charge is 0.271 e. The molecule has 46 heavy (non-hydrogen) atoms. The maximum Gasteiger partial charge on any atom is 0.271 e. The van der Waals surface area contributed by atoms with Gasteiger partial charge in [-0.2, -0.15) is 5.26 Å². The van der Waals surface area contributed by atoms with Crippen molar-refractivity contribution in [2.24, 2.45) is 5.73 Å². The van der Waals surface area contributed by atoms with Gasteiger partial charge >= 0.3 is 0 Å². The Bertz CT molecular complexity index is 1550. The number of hydrogen-bond acceptors (Lipinski definition) is 11. The van der Waals surface area contributed by atoms with Crippen LogP contribution < -0.4 is 26.0 Å². The van der Waals surface area contributed by atoms with Crippen LogP contribution in [0.15, 0.2) is 42.5 Å².